The van der Waals surface area contributed by atoms with Gasteiger partial charge in [-0.2, -0.15) is 12.6 Å². The Balaban J connectivity index is 2.26. The number of aromatic nitrogens is 1. The summed E-state index contributed by atoms with van der Waals surface area (Å²) in [6.07, 6.45) is 3.73. The zero-order valence-corrected chi connectivity index (χ0v) is 13.6. The fraction of sp³-hybridized carbons (Fsp3) is 0.357. The molecule has 0 aliphatic carbocycles. The van der Waals surface area contributed by atoms with Gasteiger partial charge in [-0.05, 0) is 18.1 Å². The third-order valence-corrected chi connectivity index (χ3v) is 3.98. The molecule has 0 spiro atoms. The highest BCUT2D eigenvalue weighted by Crippen LogP contribution is 2.23. The van der Waals surface area contributed by atoms with Crippen molar-refractivity contribution in [1.82, 2.24) is 15.2 Å². The van der Waals surface area contributed by atoms with Crippen molar-refractivity contribution in [2.75, 3.05) is 13.1 Å². The second-order valence-corrected chi connectivity index (χ2v) is 5.88. The monoisotopic (exact) mass is 340 g/mol. The number of hydrogen-bond acceptors (Lipinski definition) is 6. The minimum atomic E-state index is -0.501. The van der Waals surface area contributed by atoms with Gasteiger partial charge < -0.3 is 10.2 Å². The highest BCUT2D eigenvalue weighted by molar-refractivity contribution is 7.81. The Bertz CT molecular complexity index is 591. The molecule has 1 aliphatic heterocycles. The summed E-state index contributed by atoms with van der Waals surface area (Å²) in [5.74, 6) is 0.516. The van der Waals surface area contributed by atoms with E-state index in [2.05, 4.69) is 29.5 Å². The fourth-order valence-electron chi connectivity index (χ4n) is 2.30. The first-order chi connectivity index (χ1) is 10.5. The molecule has 1 fully saturated rings. The highest BCUT2D eigenvalue weighted by atomic mass is 35.5. The van der Waals surface area contributed by atoms with Crippen LogP contribution in [0.15, 0.2) is 42.5 Å². The van der Waals surface area contributed by atoms with E-state index in [1.165, 1.54) is 0 Å². The number of nitrogens with zero attached hydrogens (tertiary/aromatic N) is 3. The molecule has 0 aromatic carbocycles. The van der Waals surface area contributed by atoms with Crippen molar-refractivity contribution in [2.24, 2.45) is 0 Å². The smallest absolute Gasteiger partial charge is 0.298 e. The van der Waals surface area contributed by atoms with Crippen LogP contribution in [-0.4, -0.2) is 33.1 Å². The molecular weight excluding hydrogens is 324 g/mol. The second kappa shape index (κ2) is 7.51. The van der Waals surface area contributed by atoms with Gasteiger partial charge in [0, 0.05) is 25.8 Å². The third-order valence-electron chi connectivity index (χ3n) is 3.30. The number of nitro groups is 1. The Morgan fingerprint density at radius 1 is 1.68 bits per heavy atom. The Morgan fingerprint density at radius 2 is 2.45 bits per heavy atom. The summed E-state index contributed by atoms with van der Waals surface area (Å²) in [5.41, 5.74) is 1.01. The van der Waals surface area contributed by atoms with E-state index in [4.69, 9.17) is 11.6 Å². The van der Waals surface area contributed by atoms with Gasteiger partial charge in [0.1, 0.15) is 5.15 Å². The lowest BCUT2D eigenvalue weighted by Crippen LogP contribution is -2.27. The van der Waals surface area contributed by atoms with Crippen LogP contribution in [0.2, 0.25) is 5.15 Å². The van der Waals surface area contributed by atoms with E-state index in [1.807, 2.05) is 11.0 Å². The van der Waals surface area contributed by atoms with Gasteiger partial charge >= 0.3 is 0 Å². The predicted molar refractivity (Wildman–Crippen MR) is 89.3 cm³/mol. The Labute approximate surface area is 139 Å². The lowest BCUT2D eigenvalue weighted by molar-refractivity contribution is -0.429. The van der Waals surface area contributed by atoms with Crippen LogP contribution in [0.3, 0.4) is 0 Å². The summed E-state index contributed by atoms with van der Waals surface area (Å²) in [6, 6.07) is 3.57. The van der Waals surface area contributed by atoms with Gasteiger partial charge in [-0.3, -0.25) is 10.1 Å². The Kier molecular flexibility index (Phi) is 5.68. The Morgan fingerprint density at radius 3 is 3.05 bits per heavy atom. The van der Waals surface area contributed by atoms with Gasteiger partial charge in [-0.25, -0.2) is 4.98 Å². The largest absolute Gasteiger partial charge is 0.365 e. The average molecular weight is 341 g/mol. The van der Waals surface area contributed by atoms with Crippen LogP contribution in [0.5, 0.6) is 0 Å². The van der Waals surface area contributed by atoms with Gasteiger partial charge in [0.25, 0.3) is 5.70 Å². The van der Waals surface area contributed by atoms with Crippen molar-refractivity contribution < 1.29 is 4.92 Å². The van der Waals surface area contributed by atoms with E-state index < -0.39 is 5.25 Å². The van der Waals surface area contributed by atoms with Crippen LogP contribution in [0, 0.1) is 10.1 Å². The van der Waals surface area contributed by atoms with Crippen LogP contribution in [0.25, 0.3) is 0 Å². The second-order valence-electron chi connectivity index (χ2n) is 4.87. The molecule has 0 radical (unpaired) electrons. The molecule has 1 aromatic rings. The number of allylic oxidation sites excluding steroid dienone is 1. The molecule has 2 heterocycles. The van der Waals surface area contributed by atoms with Gasteiger partial charge in [0.05, 0.1) is 10.2 Å². The predicted octanol–water partition coefficient (Wildman–Crippen LogP) is 2.46. The highest BCUT2D eigenvalue weighted by Gasteiger charge is 2.32. The maximum absolute atomic E-state index is 11.4. The molecule has 1 aromatic heterocycles. The number of hydrogen-bond donors (Lipinski definition) is 2. The van der Waals surface area contributed by atoms with Crippen molar-refractivity contribution >= 4 is 24.2 Å². The maximum atomic E-state index is 11.4. The zero-order valence-electron chi connectivity index (χ0n) is 11.9. The normalized spacial score (nSPS) is 17.8. The summed E-state index contributed by atoms with van der Waals surface area (Å²) >= 11 is 10.1. The molecule has 1 unspecified atom stereocenters. The van der Waals surface area contributed by atoms with E-state index in [0.29, 0.717) is 37.0 Å². The molecule has 118 valence electrons. The van der Waals surface area contributed by atoms with Crippen molar-refractivity contribution in [1.29, 1.82) is 0 Å². The fourth-order valence-corrected chi connectivity index (χ4v) is 2.78. The van der Waals surface area contributed by atoms with Crippen LogP contribution < -0.4 is 5.32 Å². The molecule has 0 saturated carbocycles. The topological polar surface area (TPSA) is 71.3 Å². The summed E-state index contributed by atoms with van der Waals surface area (Å²) in [4.78, 5) is 17.0. The summed E-state index contributed by atoms with van der Waals surface area (Å²) in [5, 5.41) is 14.4. The number of rotatable bonds is 6. The lowest BCUT2D eigenvalue weighted by Gasteiger charge is -2.20. The number of thiol groups is 1. The quantitative estimate of drug-likeness (QED) is 0.274. The standard InChI is InChI=1S/C14H17ClN4O2S/c1-2-3-11(22)13(19(20)21)14-16-6-7-18(14)9-10-4-5-12(15)17-8-10/h2,4-5,8,11,16,22H,1,3,6-7,9H2. The van der Waals surface area contributed by atoms with Gasteiger partial charge in [-0.15, -0.1) is 6.58 Å². The van der Waals surface area contributed by atoms with E-state index >= 15 is 0 Å². The number of nitrogens with one attached hydrogen (secondary N) is 1. The molecule has 1 atom stereocenters. The van der Waals surface area contributed by atoms with Crippen molar-refractivity contribution in [2.45, 2.75) is 18.2 Å². The van der Waals surface area contributed by atoms with Crippen LogP contribution in [0.1, 0.15) is 12.0 Å². The molecule has 1 saturated heterocycles. The van der Waals surface area contributed by atoms with Gasteiger partial charge in [0.15, 0.2) is 5.82 Å². The molecule has 6 nitrogen and oxygen atoms in total. The van der Waals surface area contributed by atoms with E-state index in [1.54, 1.807) is 18.3 Å². The minimum Gasteiger partial charge on any atom is -0.365 e. The molecule has 8 heteroatoms. The summed E-state index contributed by atoms with van der Waals surface area (Å²) < 4.78 is 0. The van der Waals surface area contributed by atoms with Gasteiger partial charge in [-0.1, -0.05) is 23.7 Å². The van der Waals surface area contributed by atoms with Crippen LogP contribution >= 0.6 is 24.2 Å². The Hall–Kier alpha value is -1.73. The first kappa shape index (κ1) is 16.6. The molecule has 2 rings (SSSR count). The number of halogens is 1. The molecule has 0 bridgehead atoms. The zero-order chi connectivity index (χ0) is 16.1. The molecule has 0 amide bonds. The van der Waals surface area contributed by atoms with Crippen LogP contribution in [-0.2, 0) is 6.54 Å². The number of pyridine rings is 1. The minimum absolute atomic E-state index is 0.0719. The van der Waals surface area contributed by atoms with Gasteiger partial charge in [0.2, 0.25) is 0 Å². The first-order valence-electron chi connectivity index (χ1n) is 6.79. The third kappa shape index (κ3) is 3.92. The van der Waals surface area contributed by atoms with Crippen LogP contribution in [0.4, 0.5) is 0 Å². The summed E-state index contributed by atoms with van der Waals surface area (Å²) in [7, 11) is 0. The van der Waals surface area contributed by atoms with Crippen molar-refractivity contribution in [3.8, 4) is 0 Å². The average Bonchev–Trinajstić information content (AvgIpc) is 2.89. The molecule has 22 heavy (non-hydrogen) atoms. The SMILES string of the molecule is C=CCC(S)C(=C1NCCN1Cc1ccc(Cl)nc1)[N+](=O)[O-]. The van der Waals surface area contributed by atoms with E-state index in [-0.39, 0.29) is 10.6 Å². The van der Waals surface area contributed by atoms with Crippen molar-refractivity contribution in [3.05, 3.63) is 63.3 Å². The van der Waals surface area contributed by atoms with E-state index in [0.717, 1.165) is 5.56 Å². The van der Waals surface area contributed by atoms with E-state index in [9.17, 15) is 10.1 Å². The molecule has 1 aliphatic rings. The maximum Gasteiger partial charge on any atom is 0.298 e. The van der Waals surface area contributed by atoms with Crippen molar-refractivity contribution in [3.63, 3.8) is 0 Å². The molecule has 1 N–H and O–H groups in total. The first-order valence-corrected chi connectivity index (χ1v) is 7.69. The molecular formula is C14H17ClN4O2S. The lowest BCUT2D eigenvalue weighted by atomic mass is 10.2. The summed E-state index contributed by atoms with van der Waals surface area (Å²) in [6.45, 7) is 5.48.